The SMILES string of the molecule is COc1ccc(CC(N)c2coc3ccccc23)cc1F. The zero-order chi connectivity index (χ0) is 14.8. The minimum atomic E-state index is -0.376. The molecule has 1 aromatic heterocycles. The second-order valence-corrected chi connectivity index (χ2v) is 4.97. The van der Waals surface area contributed by atoms with Crippen LogP contribution in [0.2, 0.25) is 0 Å². The van der Waals surface area contributed by atoms with Gasteiger partial charge in [0.1, 0.15) is 5.58 Å². The number of nitrogens with two attached hydrogens (primary N) is 1. The molecule has 0 amide bonds. The van der Waals surface area contributed by atoms with E-state index >= 15 is 0 Å². The van der Waals surface area contributed by atoms with Crippen molar-refractivity contribution in [2.45, 2.75) is 12.5 Å². The molecule has 0 radical (unpaired) electrons. The maximum Gasteiger partial charge on any atom is 0.165 e. The minimum absolute atomic E-state index is 0.237. The van der Waals surface area contributed by atoms with Crippen LogP contribution >= 0.6 is 0 Å². The number of ether oxygens (including phenoxy) is 1. The number of methoxy groups -OCH3 is 1. The van der Waals surface area contributed by atoms with E-state index in [0.717, 1.165) is 22.1 Å². The van der Waals surface area contributed by atoms with Gasteiger partial charge in [-0.3, -0.25) is 0 Å². The van der Waals surface area contributed by atoms with Crippen molar-refractivity contribution in [1.29, 1.82) is 0 Å². The van der Waals surface area contributed by atoms with Gasteiger partial charge in [-0.15, -0.1) is 0 Å². The Morgan fingerprint density at radius 1 is 1.24 bits per heavy atom. The number of rotatable bonds is 4. The van der Waals surface area contributed by atoms with E-state index < -0.39 is 0 Å². The predicted octanol–water partition coefficient (Wildman–Crippen LogP) is 3.82. The molecule has 1 unspecified atom stereocenters. The van der Waals surface area contributed by atoms with Crippen molar-refractivity contribution in [3.8, 4) is 5.75 Å². The van der Waals surface area contributed by atoms with Crippen molar-refractivity contribution >= 4 is 11.0 Å². The Morgan fingerprint density at radius 3 is 2.81 bits per heavy atom. The zero-order valence-electron chi connectivity index (χ0n) is 11.7. The quantitative estimate of drug-likeness (QED) is 0.792. The molecule has 0 fully saturated rings. The van der Waals surface area contributed by atoms with Crippen molar-refractivity contribution in [2.24, 2.45) is 5.73 Å². The van der Waals surface area contributed by atoms with Gasteiger partial charge in [-0.05, 0) is 30.2 Å². The Labute approximate surface area is 122 Å². The third-order valence-electron chi connectivity index (χ3n) is 3.58. The molecule has 3 nitrogen and oxygen atoms in total. The fraction of sp³-hybridized carbons (Fsp3) is 0.176. The molecule has 0 bridgehead atoms. The minimum Gasteiger partial charge on any atom is -0.494 e. The third-order valence-corrected chi connectivity index (χ3v) is 3.58. The van der Waals surface area contributed by atoms with Crippen molar-refractivity contribution in [1.82, 2.24) is 0 Å². The Bertz CT molecular complexity index is 766. The van der Waals surface area contributed by atoms with Crippen LogP contribution in [0.3, 0.4) is 0 Å². The van der Waals surface area contributed by atoms with Crippen molar-refractivity contribution in [3.63, 3.8) is 0 Å². The molecule has 0 saturated carbocycles. The molecule has 3 rings (SSSR count). The van der Waals surface area contributed by atoms with Gasteiger partial charge in [0.05, 0.1) is 13.4 Å². The number of fused-ring (bicyclic) bond motifs is 1. The summed E-state index contributed by atoms with van der Waals surface area (Å²) in [6.45, 7) is 0. The van der Waals surface area contributed by atoms with Crippen LogP contribution in [0.15, 0.2) is 53.1 Å². The number of furan rings is 1. The van der Waals surface area contributed by atoms with E-state index in [1.807, 2.05) is 30.3 Å². The highest BCUT2D eigenvalue weighted by Gasteiger charge is 2.14. The van der Waals surface area contributed by atoms with Gasteiger partial charge in [0.15, 0.2) is 11.6 Å². The van der Waals surface area contributed by atoms with E-state index in [-0.39, 0.29) is 17.6 Å². The lowest BCUT2D eigenvalue weighted by Gasteiger charge is -2.11. The van der Waals surface area contributed by atoms with Crippen LogP contribution < -0.4 is 10.5 Å². The lowest BCUT2D eigenvalue weighted by Crippen LogP contribution is -2.13. The smallest absolute Gasteiger partial charge is 0.165 e. The van der Waals surface area contributed by atoms with Gasteiger partial charge in [-0.1, -0.05) is 24.3 Å². The Morgan fingerprint density at radius 2 is 2.05 bits per heavy atom. The van der Waals surface area contributed by atoms with Crippen molar-refractivity contribution < 1.29 is 13.5 Å². The van der Waals surface area contributed by atoms with Crippen LogP contribution in [0.5, 0.6) is 5.75 Å². The Balaban J connectivity index is 1.86. The van der Waals surface area contributed by atoms with E-state index in [1.54, 1.807) is 12.3 Å². The summed E-state index contributed by atoms with van der Waals surface area (Å²) in [5, 5.41) is 0.999. The molecule has 108 valence electrons. The maximum atomic E-state index is 13.7. The first-order chi connectivity index (χ1) is 10.2. The molecule has 1 atom stereocenters. The van der Waals surface area contributed by atoms with Crippen molar-refractivity contribution in [2.75, 3.05) is 7.11 Å². The first kappa shape index (κ1) is 13.6. The van der Waals surface area contributed by atoms with Crippen LogP contribution in [-0.4, -0.2) is 7.11 Å². The molecule has 2 aromatic carbocycles. The summed E-state index contributed by atoms with van der Waals surface area (Å²) in [4.78, 5) is 0. The summed E-state index contributed by atoms with van der Waals surface area (Å²) >= 11 is 0. The average Bonchev–Trinajstić information content (AvgIpc) is 2.91. The molecular weight excluding hydrogens is 269 g/mol. The lowest BCUT2D eigenvalue weighted by atomic mass is 9.99. The van der Waals surface area contributed by atoms with E-state index in [1.165, 1.54) is 13.2 Å². The molecule has 3 aromatic rings. The fourth-order valence-corrected chi connectivity index (χ4v) is 2.49. The lowest BCUT2D eigenvalue weighted by molar-refractivity contribution is 0.386. The molecule has 2 N–H and O–H groups in total. The van der Waals surface area contributed by atoms with Gasteiger partial charge in [0, 0.05) is 17.0 Å². The highest BCUT2D eigenvalue weighted by molar-refractivity contribution is 5.81. The number of hydrogen-bond donors (Lipinski definition) is 1. The van der Waals surface area contributed by atoms with E-state index in [9.17, 15) is 4.39 Å². The van der Waals surface area contributed by atoms with Gasteiger partial charge in [-0.25, -0.2) is 4.39 Å². The monoisotopic (exact) mass is 285 g/mol. The first-order valence-corrected chi connectivity index (χ1v) is 6.73. The van der Waals surface area contributed by atoms with Crippen LogP contribution in [-0.2, 0) is 6.42 Å². The molecule has 0 aliphatic rings. The van der Waals surface area contributed by atoms with E-state index in [4.69, 9.17) is 14.9 Å². The van der Waals surface area contributed by atoms with Crippen LogP contribution in [0.1, 0.15) is 17.2 Å². The highest BCUT2D eigenvalue weighted by atomic mass is 19.1. The fourth-order valence-electron chi connectivity index (χ4n) is 2.49. The molecular formula is C17H16FNO2. The molecule has 0 saturated heterocycles. The Kier molecular flexibility index (Phi) is 3.62. The molecule has 0 spiro atoms. The van der Waals surface area contributed by atoms with Crippen LogP contribution in [0.25, 0.3) is 11.0 Å². The number of benzene rings is 2. The maximum absolute atomic E-state index is 13.7. The number of para-hydroxylation sites is 1. The van der Waals surface area contributed by atoms with E-state index in [2.05, 4.69) is 0 Å². The van der Waals surface area contributed by atoms with Crippen LogP contribution in [0.4, 0.5) is 4.39 Å². The summed E-state index contributed by atoms with van der Waals surface area (Å²) < 4.78 is 24.1. The average molecular weight is 285 g/mol. The topological polar surface area (TPSA) is 48.4 Å². The molecule has 21 heavy (non-hydrogen) atoms. The summed E-state index contributed by atoms with van der Waals surface area (Å²) in [5.41, 5.74) is 8.81. The molecule has 1 heterocycles. The molecule has 0 aliphatic heterocycles. The molecule has 4 heteroatoms. The zero-order valence-corrected chi connectivity index (χ0v) is 11.7. The Hall–Kier alpha value is -2.33. The number of hydrogen-bond acceptors (Lipinski definition) is 3. The number of halogens is 1. The normalized spacial score (nSPS) is 12.5. The van der Waals surface area contributed by atoms with Gasteiger partial charge < -0.3 is 14.9 Å². The van der Waals surface area contributed by atoms with Gasteiger partial charge in [0.25, 0.3) is 0 Å². The van der Waals surface area contributed by atoms with Gasteiger partial charge in [-0.2, -0.15) is 0 Å². The second-order valence-electron chi connectivity index (χ2n) is 4.97. The summed E-state index contributed by atoms with van der Waals surface area (Å²) in [5.74, 6) is -0.139. The van der Waals surface area contributed by atoms with Crippen molar-refractivity contribution in [3.05, 3.63) is 65.7 Å². The predicted molar refractivity (Wildman–Crippen MR) is 79.8 cm³/mol. The van der Waals surface area contributed by atoms with Crippen LogP contribution in [0, 0.1) is 5.82 Å². The summed E-state index contributed by atoms with van der Waals surface area (Å²) in [6.07, 6.45) is 2.21. The van der Waals surface area contributed by atoms with Gasteiger partial charge >= 0.3 is 0 Å². The summed E-state index contributed by atoms with van der Waals surface area (Å²) in [6, 6.07) is 12.4. The third kappa shape index (κ3) is 2.62. The standard InChI is InChI=1S/C17H16FNO2/c1-20-17-7-6-11(8-14(17)18)9-15(19)13-10-21-16-5-3-2-4-12(13)16/h2-8,10,15H,9,19H2,1H3. The molecule has 0 aliphatic carbocycles. The van der Waals surface area contributed by atoms with Gasteiger partial charge in [0.2, 0.25) is 0 Å². The largest absolute Gasteiger partial charge is 0.494 e. The highest BCUT2D eigenvalue weighted by Crippen LogP contribution is 2.28. The second kappa shape index (κ2) is 5.58. The summed E-state index contributed by atoms with van der Waals surface area (Å²) in [7, 11) is 1.45. The van der Waals surface area contributed by atoms with E-state index in [0.29, 0.717) is 6.42 Å². The first-order valence-electron chi connectivity index (χ1n) is 6.73.